The van der Waals surface area contributed by atoms with Crippen molar-refractivity contribution >= 4 is 16.0 Å². The first kappa shape index (κ1) is 17.7. The molecule has 0 aromatic heterocycles. The Morgan fingerprint density at radius 3 is 2.78 bits per heavy atom. The Morgan fingerprint density at radius 1 is 1.43 bits per heavy atom. The fourth-order valence-electron chi connectivity index (χ4n) is 2.55. The summed E-state index contributed by atoms with van der Waals surface area (Å²) >= 11 is 0. The molecule has 0 unspecified atom stereocenters. The second-order valence-electron chi connectivity index (χ2n) is 5.34. The molecular formula is C15H21NO6S. The van der Waals surface area contributed by atoms with Crippen LogP contribution in [0, 0.1) is 6.92 Å². The van der Waals surface area contributed by atoms with Gasteiger partial charge in [-0.15, -0.1) is 0 Å². The molecule has 0 saturated carbocycles. The van der Waals surface area contributed by atoms with Gasteiger partial charge in [0.15, 0.2) is 0 Å². The van der Waals surface area contributed by atoms with Crippen LogP contribution in [-0.4, -0.2) is 56.2 Å². The average Bonchev–Trinajstić information content (AvgIpc) is 2.95. The molecule has 0 aliphatic carbocycles. The van der Waals surface area contributed by atoms with E-state index < -0.39 is 22.6 Å². The number of ether oxygens (including phenoxy) is 2. The SMILES string of the molecule is CCOc1ccc(S(=O)(=O)N2CC[C@H](OCC(=O)O)C2)c(C)c1. The maximum atomic E-state index is 12.7. The zero-order valence-corrected chi connectivity index (χ0v) is 14.0. The van der Waals surface area contributed by atoms with Gasteiger partial charge in [-0.05, 0) is 44.0 Å². The molecule has 1 aliphatic heterocycles. The first-order valence-electron chi connectivity index (χ1n) is 7.41. The van der Waals surface area contributed by atoms with Crippen LogP contribution in [0.1, 0.15) is 18.9 Å². The molecule has 8 heteroatoms. The molecule has 1 atom stereocenters. The number of aryl methyl sites for hydroxylation is 1. The quantitative estimate of drug-likeness (QED) is 0.801. The number of carboxylic acid groups (broad SMARTS) is 1. The normalized spacial score (nSPS) is 19.0. The molecular weight excluding hydrogens is 322 g/mol. The van der Waals surface area contributed by atoms with Crippen LogP contribution in [0.15, 0.2) is 23.1 Å². The van der Waals surface area contributed by atoms with Gasteiger partial charge in [0.2, 0.25) is 10.0 Å². The maximum Gasteiger partial charge on any atom is 0.329 e. The molecule has 2 rings (SSSR count). The molecule has 0 radical (unpaired) electrons. The molecule has 1 fully saturated rings. The number of sulfonamides is 1. The number of benzene rings is 1. The highest BCUT2D eigenvalue weighted by Crippen LogP contribution is 2.27. The summed E-state index contributed by atoms with van der Waals surface area (Å²) in [4.78, 5) is 10.8. The lowest BCUT2D eigenvalue weighted by Crippen LogP contribution is -2.31. The molecule has 1 aromatic rings. The number of carbonyl (C=O) groups is 1. The number of carboxylic acids is 1. The molecule has 1 aliphatic rings. The van der Waals surface area contributed by atoms with Crippen molar-refractivity contribution in [3.8, 4) is 5.75 Å². The van der Waals surface area contributed by atoms with Crippen molar-refractivity contribution in [2.75, 3.05) is 26.3 Å². The number of aliphatic carboxylic acids is 1. The van der Waals surface area contributed by atoms with E-state index >= 15 is 0 Å². The van der Waals surface area contributed by atoms with Crippen molar-refractivity contribution in [2.24, 2.45) is 0 Å². The van der Waals surface area contributed by atoms with Crippen LogP contribution < -0.4 is 4.74 Å². The molecule has 1 saturated heterocycles. The van der Waals surface area contributed by atoms with E-state index in [4.69, 9.17) is 14.6 Å². The Morgan fingerprint density at radius 2 is 2.17 bits per heavy atom. The van der Waals surface area contributed by atoms with Crippen molar-refractivity contribution in [3.63, 3.8) is 0 Å². The smallest absolute Gasteiger partial charge is 0.329 e. The highest BCUT2D eigenvalue weighted by atomic mass is 32.2. The van der Waals surface area contributed by atoms with Crippen LogP contribution in [0.5, 0.6) is 5.75 Å². The topological polar surface area (TPSA) is 93.1 Å². The van der Waals surface area contributed by atoms with Gasteiger partial charge in [-0.2, -0.15) is 4.31 Å². The maximum absolute atomic E-state index is 12.7. The van der Waals surface area contributed by atoms with Crippen LogP contribution in [-0.2, 0) is 19.6 Å². The molecule has 1 heterocycles. The van der Waals surface area contributed by atoms with E-state index in [1.807, 2.05) is 6.92 Å². The van der Waals surface area contributed by atoms with Gasteiger partial charge in [0.1, 0.15) is 12.4 Å². The molecule has 0 amide bonds. The minimum absolute atomic E-state index is 0.169. The van der Waals surface area contributed by atoms with Gasteiger partial charge in [-0.25, -0.2) is 13.2 Å². The van der Waals surface area contributed by atoms with E-state index in [2.05, 4.69) is 0 Å². The predicted molar refractivity (Wildman–Crippen MR) is 83.1 cm³/mol. The summed E-state index contributed by atoms with van der Waals surface area (Å²) in [7, 11) is -3.62. The summed E-state index contributed by atoms with van der Waals surface area (Å²) < 4.78 is 37.3. The van der Waals surface area contributed by atoms with Crippen molar-refractivity contribution in [2.45, 2.75) is 31.3 Å². The van der Waals surface area contributed by atoms with Crippen LogP contribution in [0.25, 0.3) is 0 Å². The molecule has 7 nitrogen and oxygen atoms in total. The van der Waals surface area contributed by atoms with E-state index in [1.165, 1.54) is 4.31 Å². The molecule has 23 heavy (non-hydrogen) atoms. The Labute approximate surface area is 135 Å². The first-order valence-corrected chi connectivity index (χ1v) is 8.85. The molecule has 0 spiro atoms. The molecule has 128 valence electrons. The average molecular weight is 343 g/mol. The summed E-state index contributed by atoms with van der Waals surface area (Å²) in [5.74, 6) is -0.429. The third-order valence-corrected chi connectivity index (χ3v) is 5.65. The summed E-state index contributed by atoms with van der Waals surface area (Å²) in [6.45, 7) is 4.17. The van der Waals surface area contributed by atoms with Crippen LogP contribution >= 0.6 is 0 Å². The predicted octanol–water partition coefficient (Wildman–Crippen LogP) is 1.26. The van der Waals surface area contributed by atoms with Crippen LogP contribution in [0.2, 0.25) is 0 Å². The van der Waals surface area contributed by atoms with Crippen molar-refractivity contribution in [1.29, 1.82) is 0 Å². The van der Waals surface area contributed by atoms with Gasteiger partial charge < -0.3 is 14.6 Å². The Balaban J connectivity index is 2.11. The minimum atomic E-state index is -3.62. The molecule has 0 bridgehead atoms. The second-order valence-corrected chi connectivity index (χ2v) is 7.25. The number of hydrogen-bond acceptors (Lipinski definition) is 5. The summed E-state index contributed by atoms with van der Waals surface area (Å²) in [5.41, 5.74) is 0.617. The van der Waals surface area contributed by atoms with Crippen molar-refractivity contribution in [1.82, 2.24) is 4.31 Å². The van der Waals surface area contributed by atoms with E-state index in [9.17, 15) is 13.2 Å². The third kappa shape index (κ3) is 4.21. The monoisotopic (exact) mass is 343 g/mol. The van der Waals surface area contributed by atoms with Gasteiger partial charge in [0.05, 0.1) is 17.6 Å². The zero-order chi connectivity index (χ0) is 17.0. The van der Waals surface area contributed by atoms with Gasteiger partial charge in [0.25, 0.3) is 0 Å². The van der Waals surface area contributed by atoms with Gasteiger partial charge in [0, 0.05) is 13.1 Å². The Hall–Kier alpha value is -1.64. The Kier molecular flexibility index (Phi) is 5.61. The van der Waals surface area contributed by atoms with Crippen molar-refractivity contribution < 1.29 is 27.8 Å². The second kappa shape index (κ2) is 7.29. The van der Waals surface area contributed by atoms with Crippen LogP contribution in [0.4, 0.5) is 0 Å². The number of hydrogen-bond donors (Lipinski definition) is 1. The lowest BCUT2D eigenvalue weighted by Gasteiger charge is -2.18. The van der Waals surface area contributed by atoms with Crippen molar-refractivity contribution in [3.05, 3.63) is 23.8 Å². The number of nitrogens with zero attached hydrogens (tertiary/aromatic N) is 1. The lowest BCUT2D eigenvalue weighted by molar-refractivity contribution is -0.144. The van der Waals surface area contributed by atoms with E-state index in [1.54, 1.807) is 25.1 Å². The molecule has 1 aromatic carbocycles. The highest BCUT2D eigenvalue weighted by molar-refractivity contribution is 7.89. The summed E-state index contributed by atoms with van der Waals surface area (Å²) in [6, 6.07) is 4.88. The fourth-order valence-corrected chi connectivity index (χ4v) is 4.24. The minimum Gasteiger partial charge on any atom is -0.494 e. The van der Waals surface area contributed by atoms with Gasteiger partial charge >= 0.3 is 5.97 Å². The first-order chi connectivity index (χ1) is 10.8. The summed E-state index contributed by atoms with van der Waals surface area (Å²) in [6.07, 6.45) is 0.103. The van der Waals surface area contributed by atoms with E-state index in [-0.39, 0.29) is 17.5 Å². The lowest BCUT2D eigenvalue weighted by atomic mass is 10.2. The zero-order valence-electron chi connectivity index (χ0n) is 13.2. The largest absolute Gasteiger partial charge is 0.494 e. The van der Waals surface area contributed by atoms with Gasteiger partial charge in [-0.1, -0.05) is 0 Å². The standard InChI is InChI=1S/C15H21NO6S/c1-3-21-12-4-5-14(11(2)8-12)23(19,20)16-7-6-13(9-16)22-10-15(17)18/h4-5,8,13H,3,6-7,9-10H2,1-2H3,(H,17,18)/t13-/m0/s1. The summed E-state index contributed by atoms with van der Waals surface area (Å²) in [5, 5.41) is 8.61. The van der Waals surface area contributed by atoms with E-state index in [0.717, 1.165) is 0 Å². The highest BCUT2D eigenvalue weighted by Gasteiger charge is 2.34. The number of rotatable bonds is 7. The molecule has 1 N–H and O–H groups in total. The third-order valence-electron chi connectivity index (χ3n) is 3.63. The fraction of sp³-hybridized carbons (Fsp3) is 0.533. The van der Waals surface area contributed by atoms with E-state index in [0.29, 0.717) is 30.9 Å². The van der Waals surface area contributed by atoms with Crippen LogP contribution in [0.3, 0.4) is 0 Å². The van der Waals surface area contributed by atoms with Gasteiger partial charge in [-0.3, -0.25) is 0 Å². The Bertz CT molecular complexity index is 673.